The van der Waals surface area contributed by atoms with Crippen molar-refractivity contribution in [2.75, 3.05) is 18.0 Å². The average Bonchev–Trinajstić information content (AvgIpc) is 3.19. The quantitative estimate of drug-likeness (QED) is 0.926. The average molecular weight is 337 g/mol. The fourth-order valence-electron chi connectivity index (χ4n) is 6.04. The van der Waals surface area contributed by atoms with Crippen molar-refractivity contribution in [3.63, 3.8) is 0 Å². The number of hydrogen-bond donors (Lipinski definition) is 1. The number of nitrogens with zero attached hydrogens (tertiary/aromatic N) is 4. The van der Waals surface area contributed by atoms with Gasteiger partial charge in [0.1, 0.15) is 5.82 Å². The van der Waals surface area contributed by atoms with Crippen LogP contribution in [0.4, 0.5) is 5.82 Å². The molecule has 2 aromatic heterocycles. The minimum absolute atomic E-state index is 0.00134. The molecule has 5 fully saturated rings. The van der Waals surface area contributed by atoms with Gasteiger partial charge in [0.2, 0.25) is 11.7 Å². The summed E-state index contributed by atoms with van der Waals surface area (Å²) in [5, 5.41) is 4.29. The van der Waals surface area contributed by atoms with Crippen LogP contribution in [-0.2, 0) is 5.41 Å². The predicted molar refractivity (Wildman–Crippen MR) is 93.0 cm³/mol. The minimum Gasteiger partial charge on any atom is -0.357 e. The molecule has 5 aliphatic rings. The van der Waals surface area contributed by atoms with Crippen molar-refractivity contribution in [1.29, 1.82) is 0 Å². The monoisotopic (exact) mass is 337 g/mol. The molecule has 6 heteroatoms. The van der Waals surface area contributed by atoms with E-state index in [1.165, 1.54) is 32.1 Å². The Kier molecular flexibility index (Phi) is 2.74. The second-order valence-corrected chi connectivity index (χ2v) is 8.28. The van der Waals surface area contributed by atoms with E-state index in [9.17, 15) is 0 Å². The smallest absolute Gasteiger partial charge is 0.235 e. The normalized spacial score (nSPS) is 38.4. The highest BCUT2D eigenvalue weighted by Crippen LogP contribution is 2.78. The van der Waals surface area contributed by atoms with Crippen molar-refractivity contribution in [3.8, 4) is 11.4 Å². The molecule has 1 aliphatic heterocycles. The molecule has 3 unspecified atom stereocenters. The second-order valence-electron chi connectivity index (χ2n) is 8.28. The fraction of sp³-hybridized carbons (Fsp3) is 0.632. The van der Waals surface area contributed by atoms with Gasteiger partial charge >= 0.3 is 0 Å². The lowest BCUT2D eigenvalue weighted by Gasteiger charge is -2.27. The summed E-state index contributed by atoms with van der Waals surface area (Å²) in [6.45, 7) is 2.16. The number of rotatable bonds is 3. The zero-order valence-corrected chi connectivity index (χ0v) is 14.3. The van der Waals surface area contributed by atoms with Crippen LogP contribution in [0.1, 0.15) is 38.0 Å². The standard InChI is InChI=1S/C19H23N5O/c20-16-12-8-13-14(9-12)19(13,16)18-22-17(23-25-18)11-4-5-21-15(10-11)24-6-2-1-3-7-24/h4-5,10,12-14,16H,1-3,6-9,20H2. The first-order valence-electron chi connectivity index (χ1n) is 9.59. The number of nitrogens with two attached hydrogens (primary N) is 1. The Balaban J connectivity index is 1.32. The Morgan fingerprint density at radius 3 is 2.68 bits per heavy atom. The van der Waals surface area contributed by atoms with Gasteiger partial charge in [0.15, 0.2) is 0 Å². The molecule has 1 saturated heterocycles. The predicted octanol–water partition coefficient (Wildman–Crippen LogP) is 2.36. The van der Waals surface area contributed by atoms with Gasteiger partial charge in [-0.25, -0.2) is 4.98 Å². The van der Waals surface area contributed by atoms with Crippen LogP contribution in [-0.4, -0.2) is 34.3 Å². The number of piperidine rings is 1. The Bertz CT molecular complexity index is 815. The Labute approximate surface area is 146 Å². The minimum atomic E-state index is -0.00134. The van der Waals surface area contributed by atoms with Gasteiger partial charge in [-0.1, -0.05) is 5.16 Å². The maximum absolute atomic E-state index is 6.50. The van der Waals surface area contributed by atoms with E-state index in [0.717, 1.165) is 30.4 Å². The molecule has 2 N–H and O–H groups in total. The highest BCUT2D eigenvalue weighted by atomic mass is 16.5. The van der Waals surface area contributed by atoms with E-state index in [1.807, 2.05) is 12.3 Å². The topological polar surface area (TPSA) is 81.1 Å². The maximum atomic E-state index is 6.50. The SMILES string of the molecule is NC1C2CC3C(C2)C13c1nc(-c2ccnc(N3CCCCC3)c2)no1. The Morgan fingerprint density at radius 2 is 1.96 bits per heavy atom. The lowest BCUT2D eigenvalue weighted by molar-refractivity contribution is 0.325. The highest BCUT2D eigenvalue weighted by Gasteiger charge is 2.81. The molecule has 0 amide bonds. The van der Waals surface area contributed by atoms with Gasteiger partial charge < -0.3 is 15.2 Å². The first-order chi connectivity index (χ1) is 12.3. The number of pyridine rings is 1. The van der Waals surface area contributed by atoms with E-state index in [4.69, 9.17) is 15.2 Å². The number of hydrogen-bond acceptors (Lipinski definition) is 6. The first-order valence-corrected chi connectivity index (χ1v) is 9.59. The van der Waals surface area contributed by atoms with Crippen molar-refractivity contribution in [3.05, 3.63) is 24.2 Å². The summed E-state index contributed by atoms with van der Waals surface area (Å²) in [4.78, 5) is 11.7. The van der Waals surface area contributed by atoms with Crippen LogP contribution in [0.3, 0.4) is 0 Å². The number of anilines is 1. The first kappa shape index (κ1) is 14.2. The molecular weight excluding hydrogens is 314 g/mol. The van der Waals surface area contributed by atoms with Crippen LogP contribution in [0.5, 0.6) is 0 Å². The molecule has 0 spiro atoms. The van der Waals surface area contributed by atoms with Crippen molar-refractivity contribution in [1.82, 2.24) is 15.1 Å². The van der Waals surface area contributed by atoms with Crippen LogP contribution < -0.4 is 10.6 Å². The van der Waals surface area contributed by atoms with Crippen LogP contribution in [0.2, 0.25) is 0 Å². The Hall–Kier alpha value is -1.95. The molecule has 3 atom stereocenters. The van der Waals surface area contributed by atoms with Gasteiger partial charge in [0.25, 0.3) is 0 Å². The molecule has 7 rings (SSSR count). The van der Waals surface area contributed by atoms with Gasteiger partial charge in [-0.15, -0.1) is 0 Å². The molecule has 25 heavy (non-hydrogen) atoms. The molecule has 4 saturated carbocycles. The van der Waals surface area contributed by atoms with Gasteiger partial charge in [0.05, 0.1) is 5.41 Å². The van der Waals surface area contributed by atoms with Gasteiger partial charge in [-0.3, -0.25) is 0 Å². The zero-order chi connectivity index (χ0) is 16.6. The lowest BCUT2D eigenvalue weighted by Crippen LogP contribution is -2.34. The lowest BCUT2D eigenvalue weighted by atomic mass is 9.98. The van der Waals surface area contributed by atoms with Crippen LogP contribution in [0, 0.1) is 17.8 Å². The van der Waals surface area contributed by atoms with E-state index in [1.54, 1.807) is 0 Å². The molecule has 2 aromatic rings. The van der Waals surface area contributed by atoms with Gasteiger partial charge in [-0.05, 0) is 62.0 Å². The summed E-state index contributed by atoms with van der Waals surface area (Å²) in [7, 11) is 0. The highest BCUT2D eigenvalue weighted by molar-refractivity contribution is 5.60. The van der Waals surface area contributed by atoms with Crippen LogP contribution in [0.25, 0.3) is 11.4 Å². The molecule has 6 nitrogen and oxygen atoms in total. The molecule has 4 aliphatic carbocycles. The van der Waals surface area contributed by atoms with E-state index in [2.05, 4.69) is 21.1 Å². The van der Waals surface area contributed by atoms with Crippen molar-refractivity contribution >= 4 is 5.82 Å². The van der Waals surface area contributed by atoms with Crippen LogP contribution >= 0.6 is 0 Å². The van der Waals surface area contributed by atoms with Crippen LogP contribution in [0.15, 0.2) is 22.9 Å². The molecule has 0 aromatic carbocycles. The fourth-order valence-corrected chi connectivity index (χ4v) is 6.04. The van der Waals surface area contributed by atoms with Gasteiger partial charge in [0, 0.05) is 30.9 Å². The summed E-state index contributed by atoms with van der Waals surface area (Å²) in [6.07, 6.45) is 8.14. The second kappa shape index (κ2) is 4.81. The summed E-state index contributed by atoms with van der Waals surface area (Å²) in [5.41, 5.74) is 7.48. The number of aromatic nitrogens is 3. The Morgan fingerprint density at radius 1 is 1.16 bits per heavy atom. The van der Waals surface area contributed by atoms with Gasteiger partial charge in [-0.2, -0.15) is 4.98 Å². The molecular formula is C19H23N5O. The van der Waals surface area contributed by atoms with E-state index in [0.29, 0.717) is 23.6 Å². The van der Waals surface area contributed by atoms with E-state index < -0.39 is 0 Å². The maximum Gasteiger partial charge on any atom is 0.235 e. The third-order valence-corrected chi connectivity index (χ3v) is 7.26. The zero-order valence-electron chi connectivity index (χ0n) is 14.3. The molecule has 3 heterocycles. The molecule has 4 bridgehead atoms. The van der Waals surface area contributed by atoms with E-state index in [-0.39, 0.29) is 11.5 Å². The summed E-state index contributed by atoms with van der Waals surface area (Å²) < 4.78 is 5.73. The molecule has 130 valence electrons. The van der Waals surface area contributed by atoms with E-state index >= 15 is 0 Å². The van der Waals surface area contributed by atoms with Crippen molar-refractivity contribution < 1.29 is 4.52 Å². The summed E-state index contributed by atoms with van der Waals surface area (Å²) in [6, 6.07) is 4.27. The summed E-state index contributed by atoms with van der Waals surface area (Å²) >= 11 is 0. The third-order valence-electron chi connectivity index (χ3n) is 7.26. The molecule has 0 radical (unpaired) electrons. The van der Waals surface area contributed by atoms with Crippen molar-refractivity contribution in [2.45, 2.75) is 43.6 Å². The third kappa shape index (κ3) is 1.76. The summed E-state index contributed by atoms with van der Waals surface area (Å²) in [5.74, 6) is 4.50. The largest absolute Gasteiger partial charge is 0.357 e. The van der Waals surface area contributed by atoms with Crippen molar-refractivity contribution in [2.24, 2.45) is 23.5 Å².